The topological polar surface area (TPSA) is 76.7 Å². The lowest BCUT2D eigenvalue weighted by Crippen LogP contribution is -2.50. The average Bonchev–Trinajstić information content (AvgIpc) is 2.75. The molecular formula is C24H32N2O4. The molecule has 0 aromatic heterocycles. The Morgan fingerprint density at radius 2 is 1.57 bits per heavy atom. The number of methoxy groups -OCH3 is 2. The zero-order valence-corrected chi connectivity index (χ0v) is 18.4. The zero-order chi connectivity index (χ0) is 22.1. The van der Waals surface area contributed by atoms with Crippen molar-refractivity contribution >= 4 is 11.8 Å². The van der Waals surface area contributed by atoms with E-state index in [1.165, 1.54) is 0 Å². The van der Waals surface area contributed by atoms with Crippen LogP contribution in [0.5, 0.6) is 11.5 Å². The van der Waals surface area contributed by atoms with Gasteiger partial charge in [0.05, 0.1) is 20.3 Å². The highest BCUT2D eigenvalue weighted by Gasteiger charge is 2.25. The smallest absolute Gasteiger partial charge is 0.243 e. The molecule has 0 radical (unpaired) electrons. The van der Waals surface area contributed by atoms with Crippen LogP contribution in [0.4, 0.5) is 0 Å². The molecule has 0 spiro atoms. The summed E-state index contributed by atoms with van der Waals surface area (Å²) in [5.41, 5.74) is 1.99. The van der Waals surface area contributed by atoms with Gasteiger partial charge >= 0.3 is 0 Å². The summed E-state index contributed by atoms with van der Waals surface area (Å²) < 4.78 is 10.5. The maximum atomic E-state index is 12.8. The third-order valence-electron chi connectivity index (χ3n) is 5.01. The van der Waals surface area contributed by atoms with Crippen LogP contribution in [0.1, 0.15) is 44.4 Å². The largest absolute Gasteiger partial charge is 0.493 e. The molecule has 0 saturated heterocycles. The van der Waals surface area contributed by atoms with Crippen molar-refractivity contribution in [2.45, 2.75) is 45.7 Å². The van der Waals surface area contributed by atoms with Gasteiger partial charge < -0.3 is 20.1 Å². The normalized spacial score (nSPS) is 12.7. The van der Waals surface area contributed by atoms with Crippen LogP contribution in [-0.2, 0) is 16.0 Å². The van der Waals surface area contributed by atoms with Gasteiger partial charge in [-0.15, -0.1) is 0 Å². The van der Waals surface area contributed by atoms with E-state index in [2.05, 4.69) is 10.6 Å². The van der Waals surface area contributed by atoms with Gasteiger partial charge in [-0.2, -0.15) is 0 Å². The minimum atomic E-state index is -0.589. The predicted molar refractivity (Wildman–Crippen MR) is 118 cm³/mol. The van der Waals surface area contributed by atoms with Crippen LogP contribution in [0, 0.1) is 5.92 Å². The van der Waals surface area contributed by atoms with Crippen LogP contribution in [-0.4, -0.2) is 32.1 Å². The lowest BCUT2D eigenvalue weighted by atomic mass is 10.0. The molecule has 0 aliphatic heterocycles. The lowest BCUT2D eigenvalue weighted by molar-refractivity contribution is -0.130. The number of ether oxygens (including phenoxy) is 2. The summed E-state index contributed by atoms with van der Waals surface area (Å²) in [4.78, 5) is 25.3. The van der Waals surface area contributed by atoms with Gasteiger partial charge in [0, 0.05) is 6.42 Å². The first-order valence-electron chi connectivity index (χ1n) is 10.2. The Bertz CT molecular complexity index is 836. The Kier molecular flexibility index (Phi) is 8.71. The maximum Gasteiger partial charge on any atom is 0.243 e. The molecule has 2 aromatic carbocycles. The van der Waals surface area contributed by atoms with Gasteiger partial charge in [-0.05, 0) is 42.5 Å². The first kappa shape index (κ1) is 23.3. The first-order chi connectivity index (χ1) is 14.3. The molecule has 6 heteroatoms. The van der Waals surface area contributed by atoms with Crippen LogP contribution >= 0.6 is 0 Å². The lowest BCUT2D eigenvalue weighted by Gasteiger charge is -2.24. The van der Waals surface area contributed by atoms with E-state index < -0.39 is 6.04 Å². The van der Waals surface area contributed by atoms with Crippen molar-refractivity contribution in [1.82, 2.24) is 10.6 Å². The number of carbonyl (C=O) groups is 2. The number of rotatable bonds is 10. The van der Waals surface area contributed by atoms with Crippen molar-refractivity contribution in [1.29, 1.82) is 0 Å². The molecule has 2 N–H and O–H groups in total. The average molecular weight is 413 g/mol. The molecule has 2 aromatic rings. The standard InChI is InChI=1S/C24H32N2O4/c1-16(2)23(24(28)25-17(3)19-9-7-6-8-10-19)26-22(27)14-12-18-11-13-20(29-4)21(15-18)30-5/h6-11,13,15-17,23H,12,14H2,1-5H3,(H,25,28)(H,26,27). The Hall–Kier alpha value is -3.02. The number of hydrogen-bond acceptors (Lipinski definition) is 4. The van der Waals surface area contributed by atoms with Gasteiger partial charge in [-0.1, -0.05) is 50.2 Å². The third kappa shape index (κ3) is 6.51. The SMILES string of the molecule is COc1ccc(CCC(=O)NC(C(=O)NC(C)c2ccccc2)C(C)C)cc1OC. The summed E-state index contributed by atoms with van der Waals surface area (Å²) in [5.74, 6) is 0.907. The fraction of sp³-hybridized carbons (Fsp3) is 0.417. The van der Waals surface area contributed by atoms with Crippen LogP contribution in [0.25, 0.3) is 0 Å². The van der Waals surface area contributed by atoms with Crippen molar-refractivity contribution in [3.8, 4) is 11.5 Å². The number of carbonyl (C=O) groups excluding carboxylic acids is 2. The van der Waals surface area contributed by atoms with Crippen LogP contribution in [0.15, 0.2) is 48.5 Å². The van der Waals surface area contributed by atoms with Gasteiger partial charge in [0.2, 0.25) is 11.8 Å². The monoisotopic (exact) mass is 412 g/mol. The second kappa shape index (κ2) is 11.2. The second-order valence-corrected chi connectivity index (χ2v) is 7.62. The number of aryl methyl sites for hydroxylation is 1. The highest BCUT2D eigenvalue weighted by molar-refractivity contribution is 5.88. The number of nitrogens with one attached hydrogen (secondary N) is 2. The molecule has 0 heterocycles. The van der Waals surface area contributed by atoms with E-state index >= 15 is 0 Å². The molecule has 2 rings (SSSR count). The molecule has 162 valence electrons. The summed E-state index contributed by atoms with van der Waals surface area (Å²) in [6, 6.07) is 14.6. The van der Waals surface area contributed by atoms with E-state index in [1.807, 2.05) is 69.3 Å². The number of hydrogen-bond donors (Lipinski definition) is 2. The van der Waals surface area contributed by atoms with Crippen LogP contribution in [0.3, 0.4) is 0 Å². The Balaban J connectivity index is 1.94. The van der Waals surface area contributed by atoms with Gasteiger partial charge in [-0.25, -0.2) is 0 Å². The molecule has 2 amide bonds. The minimum absolute atomic E-state index is 0.0296. The van der Waals surface area contributed by atoms with Crippen LogP contribution in [0.2, 0.25) is 0 Å². The summed E-state index contributed by atoms with van der Waals surface area (Å²) in [6.07, 6.45) is 0.819. The molecular weight excluding hydrogens is 380 g/mol. The minimum Gasteiger partial charge on any atom is -0.493 e. The van der Waals surface area contributed by atoms with E-state index in [0.29, 0.717) is 17.9 Å². The molecule has 2 unspecified atom stereocenters. The van der Waals surface area contributed by atoms with Gasteiger partial charge in [0.1, 0.15) is 6.04 Å². The first-order valence-corrected chi connectivity index (χ1v) is 10.2. The quantitative estimate of drug-likeness (QED) is 0.624. The van der Waals surface area contributed by atoms with E-state index in [-0.39, 0.29) is 30.2 Å². The van der Waals surface area contributed by atoms with Crippen molar-refractivity contribution in [2.75, 3.05) is 14.2 Å². The van der Waals surface area contributed by atoms with Gasteiger partial charge in [0.15, 0.2) is 11.5 Å². The van der Waals surface area contributed by atoms with Gasteiger partial charge in [-0.3, -0.25) is 9.59 Å². The summed E-state index contributed by atoms with van der Waals surface area (Å²) in [5, 5.41) is 5.89. The van der Waals surface area contributed by atoms with Crippen molar-refractivity contribution in [2.24, 2.45) is 5.92 Å². The highest BCUT2D eigenvalue weighted by atomic mass is 16.5. The molecule has 0 fully saturated rings. The van der Waals surface area contributed by atoms with E-state index in [1.54, 1.807) is 14.2 Å². The molecule has 0 aliphatic carbocycles. The van der Waals surface area contributed by atoms with E-state index in [0.717, 1.165) is 11.1 Å². The Morgan fingerprint density at radius 3 is 2.17 bits per heavy atom. The number of benzene rings is 2. The molecule has 0 bridgehead atoms. The summed E-state index contributed by atoms with van der Waals surface area (Å²) >= 11 is 0. The maximum absolute atomic E-state index is 12.8. The zero-order valence-electron chi connectivity index (χ0n) is 18.4. The highest BCUT2D eigenvalue weighted by Crippen LogP contribution is 2.28. The van der Waals surface area contributed by atoms with Crippen LogP contribution < -0.4 is 20.1 Å². The van der Waals surface area contributed by atoms with Crippen molar-refractivity contribution in [3.05, 3.63) is 59.7 Å². The van der Waals surface area contributed by atoms with E-state index in [9.17, 15) is 9.59 Å². The fourth-order valence-corrected chi connectivity index (χ4v) is 3.20. The van der Waals surface area contributed by atoms with Gasteiger partial charge in [0.25, 0.3) is 0 Å². The Labute approximate surface area is 179 Å². The predicted octanol–water partition coefficient (Wildman–Crippen LogP) is 3.65. The third-order valence-corrected chi connectivity index (χ3v) is 5.01. The molecule has 0 saturated carbocycles. The Morgan fingerprint density at radius 1 is 0.900 bits per heavy atom. The summed E-state index contributed by atoms with van der Waals surface area (Å²) in [6.45, 7) is 5.78. The fourth-order valence-electron chi connectivity index (χ4n) is 3.20. The van der Waals surface area contributed by atoms with Crippen molar-refractivity contribution < 1.29 is 19.1 Å². The van der Waals surface area contributed by atoms with E-state index in [4.69, 9.17) is 9.47 Å². The molecule has 6 nitrogen and oxygen atoms in total. The second-order valence-electron chi connectivity index (χ2n) is 7.62. The molecule has 0 aliphatic rings. The molecule has 30 heavy (non-hydrogen) atoms. The number of amides is 2. The van der Waals surface area contributed by atoms with Crippen molar-refractivity contribution in [3.63, 3.8) is 0 Å². The molecule has 2 atom stereocenters. The summed E-state index contributed by atoms with van der Waals surface area (Å²) in [7, 11) is 3.16.